The third kappa shape index (κ3) is 4.67. The Kier molecular flexibility index (Phi) is 7.09. The molecule has 4 atom stereocenters. The molecule has 7 nitrogen and oxygen atoms in total. The molecule has 2 aromatic rings. The van der Waals surface area contributed by atoms with Crippen LogP contribution in [0.15, 0.2) is 53.1 Å². The minimum Gasteiger partial charge on any atom is -0.499 e. The van der Waals surface area contributed by atoms with Gasteiger partial charge in [0.15, 0.2) is 11.5 Å². The van der Waals surface area contributed by atoms with Crippen molar-refractivity contribution in [1.29, 1.82) is 0 Å². The van der Waals surface area contributed by atoms with Crippen LogP contribution in [0.4, 0.5) is 0 Å². The molecule has 1 aliphatic carbocycles. The zero-order valence-electron chi connectivity index (χ0n) is 21.9. The number of ether oxygens (including phenoxy) is 4. The highest BCUT2D eigenvalue weighted by Crippen LogP contribution is 2.63. The quantitative estimate of drug-likeness (QED) is 0.408. The molecule has 5 rings (SSSR count). The van der Waals surface area contributed by atoms with Crippen molar-refractivity contribution in [2.45, 2.75) is 48.8 Å². The predicted octanol–water partition coefficient (Wildman–Crippen LogP) is 4.81. The standard InChI is InChI=1S/C29H33NO6S/c1-17-6-8-21(9-7-17)37-28-22-10-11-24(35-18(2)31)27(36-19(3)32)25(22)29-12-13-34-15-20(33-5)14-23(29)26(28)30(4)16-29/h6-11,14,23,26,28H,12-13,15-16H2,1-5H3/t23-,26-,28-,29+/m1/s1. The number of hydrogen-bond acceptors (Lipinski definition) is 8. The van der Waals surface area contributed by atoms with E-state index in [2.05, 4.69) is 49.2 Å². The normalized spacial score (nSPS) is 26.7. The summed E-state index contributed by atoms with van der Waals surface area (Å²) in [5.41, 5.74) is 2.82. The summed E-state index contributed by atoms with van der Waals surface area (Å²) < 4.78 is 23.1. The minimum absolute atomic E-state index is 0.0405. The lowest BCUT2D eigenvalue weighted by Crippen LogP contribution is -2.45. The number of esters is 2. The summed E-state index contributed by atoms with van der Waals surface area (Å²) in [6.07, 6.45) is 2.94. The second-order valence-corrected chi connectivity index (χ2v) is 11.3. The van der Waals surface area contributed by atoms with Gasteiger partial charge in [-0.3, -0.25) is 9.59 Å². The van der Waals surface area contributed by atoms with Crippen LogP contribution in [-0.4, -0.2) is 56.8 Å². The molecule has 1 fully saturated rings. The van der Waals surface area contributed by atoms with Crippen LogP contribution in [0.5, 0.6) is 11.5 Å². The zero-order valence-corrected chi connectivity index (χ0v) is 22.7. The zero-order chi connectivity index (χ0) is 26.3. The Hall–Kier alpha value is -2.81. The SMILES string of the molecule is COC1=C[C@@H]2[C@@H]3[C@H](Sc4ccc(C)cc4)c4ccc(OC(C)=O)c(OC(C)=O)c4[C@@]2(CCOC1)CN3C. The van der Waals surface area contributed by atoms with E-state index in [0.717, 1.165) is 34.7 Å². The Labute approximate surface area is 222 Å². The van der Waals surface area contributed by atoms with Crippen LogP contribution >= 0.6 is 11.8 Å². The summed E-state index contributed by atoms with van der Waals surface area (Å²) in [5, 5.41) is 0.0405. The van der Waals surface area contributed by atoms with Gasteiger partial charge < -0.3 is 23.8 Å². The Morgan fingerprint density at radius 3 is 2.49 bits per heavy atom. The fraction of sp³-hybridized carbons (Fsp3) is 0.448. The molecule has 0 N–H and O–H groups in total. The van der Waals surface area contributed by atoms with E-state index in [1.807, 2.05) is 17.8 Å². The molecule has 8 heteroatoms. The van der Waals surface area contributed by atoms with Crippen LogP contribution in [0.1, 0.15) is 42.2 Å². The van der Waals surface area contributed by atoms with E-state index in [0.29, 0.717) is 19.0 Å². The molecule has 0 radical (unpaired) electrons. The predicted molar refractivity (Wildman–Crippen MR) is 141 cm³/mol. The van der Waals surface area contributed by atoms with E-state index < -0.39 is 17.4 Å². The van der Waals surface area contributed by atoms with Crippen molar-refractivity contribution in [3.8, 4) is 11.5 Å². The molecule has 0 amide bonds. The van der Waals surface area contributed by atoms with Crippen molar-refractivity contribution in [1.82, 2.24) is 4.90 Å². The Morgan fingerprint density at radius 2 is 1.81 bits per heavy atom. The van der Waals surface area contributed by atoms with E-state index in [9.17, 15) is 9.59 Å². The maximum Gasteiger partial charge on any atom is 0.308 e. The molecule has 0 unspecified atom stereocenters. The number of carbonyl (C=O) groups is 2. The number of hydrogen-bond donors (Lipinski definition) is 0. The van der Waals surface area contributed by atoms with Crippen LogP contribution in [-0.2, 0) is 24.5 Å². The summed E-state index contributed by atoms with van der Waals surface area (Å²) in [6.45, 7) is 6.51. The van der Waals surface area contributed by atoms with Gasteiger partial charge in [0.2, 0.25) is 0 Å². The lowest BCUT2D eigenvalue weighted by Gasteiger charge is -2.45. The Bertz CT molecular complexity index is 1240. The fourth-order valence-corrected chi connectivity index (χ4v) is 7.67. The van der Waals surface area contributed by atoms with Gasteiger partial charge in [-0.1, -0.05) is 23.8 Å². The number of thioether (sulfide) groups is 1. The first-order valence-corrected chi connectivity index (χ1v) is 13.4. The molecule has 3 aliphatic rings. The number of likely N-dealkylation sites (tertiary alicyclic amines) is 1. The Balaban J connectivity index is 1.77. The van der Waals surface area contributed by atoms with Crippen molar-refractivity contribution >= 4 is 23.7 Å². The average molecular weight is 524 g/mol. The lowest BCUT2D eigenvalue weighted by molar-refractivity contribution is -0.134. The molecule has 1 saturated heterocycles. The maximum absolute atomic E-state index is 12.4. The topological polar surface area (TPSA) is 74.3 Å². The van der Waals surface area contributed by atoms with Crippen molar-refractivity contribution in [3.05, 3.63) is 64.9 Å². The number of benzene rings is 2. The van der Waals surface area contributed by atoms with Gasteiger partial charge in [0.1, 0.15) is 12.4 Å². The minimum atomic E-state index is -0.465. The van der Waals surface area contributed by atoms with Crippen molar-refractivity contribution in [2.75, 3.05) is 33.9 Å². The lowest BCUT2D eigenvalue weighted by atomic mass is 9.61. The molecule has 37 heavy (non-hydrogen) atoms. The van der Waals surface area contributed by atoms with Crippen LogP contribution in [0.3, 0.4) is 0 Å². The van der Waals surface area contributed by atoms with Crippen molar-refractivity contribution in [3.63, 3.8) is 0 Å². The third-order valence-electron chi connectivity index (χ3n) is 7.66. The van der Waals surface area contributed by atoms with Gasteiger partial charge >= 0.3 is 11.9 Å². The largest absolute Gasteiger partial charge is 0.499 e. The first kappa shape index (κ1) is 25.8. The highest BCUT2D eigenvalue weighted by molar-refractivity contribution is 7.99. The summed E-state index contributed by atoms with van der Waals surface area (Å²) in [4.78, 5) is 27.9. The van der Waals surface area contributed by atoms with E-state index in [-0.39, 0.29) is 23.0 Å². The molecule has 0 spiro atoms. The monoisotopic (exact) mass is 523 g/mol. The third-order valence-corrected chi connectivity index (χ3v) is 8.99. The molecular formula is C29H33NO6S. The second kappa shape index (κ2) is 10.2. The first-order valence-electron chi connectivity index (χ1n) is 12.5. The van der Waals surface area contributed by atoms with Gasteiger partial charge in [0.05, 0.1) is 12.4 Å². The molecule has 2 aromatic carbocycles. The van der Waals surface area contributed by atoms with Gasteiger partial charge in [0, 0.05) is 54.8 Å². The van der Waals surface area contributed by atoms with Crippen LogP contribution in [0.25, 0.3) is 0 Å². The summed E-state index contributed by atoms with van der Waals surface area (Å²) in [7, 11) is 3.83. The number of fused-ring (bicyclic) bond motifs is 1. The summed E-state index contributed by atoms with van der Waals surface area (Å²) in [6, 6.07) is 12.5. The number of rotatable bonds is 5. The Morgan fingerprint density at radius 1 is 1.08 bits per heavy atom. The van der Waals surface area contributed by atoms with Crippen molar-refractivity contribution in [2.24, 2.45) is 5.92 Å². The molecule has 0 aromatic heterocycles. The summed E-state index contributed by atoms with van der Waals surface area (Å²) in [5.74, 6) is 0.548. The van der Waals surface area contributed by atoms with Gasteiger partial charge in [-0.05, 0) is 50.2 Å². The smallest absolute Gasteiger partial charge is 0.308 e. The highest BCUT2D eigenvalue weighted by atomic mass is 32.2. The molecule has 0 saturated carbocycles. The van der Waals surface area contributed by atoms with Gasteiger partial charge in [-0.25, -0.2) is 0 Å². The first-order chi connectivity index (χ1) is 17.7. The van der Waals surface area contributed by atoms with Crippen LogP contribution < -0.4 is 9.47 Å². The number of carbonyl (C=O) groups excluding carboxylic acids is 2. The number of aryl methyl sites for hydroxylation is 1. The highest BCUT2D eigenvalue weighted by Gasteiger charge is 2.60. The van der Waals surface area contributed by atoms with Gasteiger partial charge in [-0.2, -0.15) is 0 Å². The number of likely N-dealkylation sites (N-methyl/N-ethyl adjacent to an activating group) is 1. The molecule has 2 bridgehead atoms. The van der Waals surface area contributed by atoms with E-state index in [4.69, 9.17) is 18.9 Å². The van der Waals surface area contributed by atoms with Gasteiger partial charge in [-0.15, -0.1) is 11.8 Å². The van der Waals surface area contributed by atoms with Gasteiger partial charge in [0.25, 0.3) is 0 Å². The number of methoxy groups -OCH3 is 1. The van der Waals surface area contributed by atoms with E-state index in [1.165, 1.54) is 19.4 Å². The van der Waals surface area contributed by atoms with Crippen LogP contribution in [0.2, 0.25) is 0 Å². The maximum atomic E-state index is 12.4. The average Bonchev–Trinajstić information content (AvgIpc) is 3.03. The fourth-order valence-electron chi connectivity index (χ4n) is 6.24. The molecular weight excluding hydrogens is 490 g/mol. The molecule has 196 valence electrons. The molecule has 2 heterocycles. The number of nitrogens with zero attached hydrogens (tertiary/aromatic N) is 1. The second-order valence-electron chi connectivity index (χ2n) is 10.1. The van der Waals surface area contributed by atoms with Crippen molar-refractivity contribution < 1.29 is 28.5 Å². The van der Waals surface area contributed by atoms with E-state index in [1.54, 1.807) is 13.2 Å². The van der Waals surface area contributed by atoms with E-state index >= 15 is 0 Å². The molecule has 2 aliphatic heterocycles. The van der Waals surface area contributed by atoms with Crippen LogP contribution in [0, 0.1) is 12.8 Å². The summed E-state index contributed by atoms with van der Waals surface area (Å²) >= 11 is 1.81.